The summed E-state index contributed by atoms with van der Waals surface area (Å²) in [4.78, 5) is 14.5. The number of nitrogens with zero attached hydrogens (tertiary/aromatic N) is 1. The number of nitrogens with one attached hydrogen (secondary N) is 1. The lowest BCUT2D eigenvalue weighted by molar-refractivity contribution is -0.132. The summed E-state index contributed by atoms with van der Waals surface area (Å²) in [6.07, 6.45) is 1.19. The third-order valence-electron chi connectivity index (χ3n) is 4.49. The molecule has 0 aromatic carbocycles. The highest BCUT2D eigenvalue weighted by Crippen LogP contribution is 2.30. The first-order valence-corrected chi connectivity index (χ1v) is 7.27. The summed E-state index contributed by atoms with van der Waals surface area (Å²) in [6.45, 7) is 16.2. The highest BCUT2D eigenvalue weighted by atomic mass is 16.2. The van der Waals surface area contributed by atoms with Gasteiger partial charge in [0, 0.05) is 6.54 Å². The summed E-state index contributed by atoms with van der Waals surface area (Å²) in [7, 11) is 0. The van der Waals surface area contributed by atoms with Crippen LogP contribution in [0.3, 0.4) is 0 Å². The predicted molar refractivity (Wildman–Crippen MR) is 76.2 cm³/mol. The maximum Gasteiger partial charge on any atom is 0.241 e. The van der Waals surface area contributed by atoms with E-state index < -0.39 is 0 Å². The van der Waals surface area contributed by atoms with Gasteiger partial charge in [0.25, 0.3) is 0 Å². The van der Waals surface area contributed by atoms with Crippen molar-refractivity contribution in [3.05, 3.63) is 0 Å². The van der Waals surface area contributed by atoms with Crippen molar-refractivity contribution in [3.8, 4) is 0 Å². The molecule has 0 aromatic rings. The van der Waals surface area contributed by atoms with Crippen molar-refractivity contribution < 1.29 is 4.79 Å². The van der Waals surface area contributed by atoms with Gasteiger partial charge in [0.15, 0.2) is 0 Å². The molecule has 1 aliphatic rings. The second-order valence-electron chi connectivity index (χ2n) is 6.92. The van der Waals surface area contributed by atoms with Gasteiger partial charge in [0.1, 0.15) is 0 Å². The van der Waals surface area contributed by atoms with Crippen molar-refractivity contribution >= 4 is 5.91 Å². The molecule has 0 saturated carbocycles. The Morgan fingerprint density at radius 1 is 1.28 bits per heavy atom. The fraction of sp³-hybridized carbons (Fsp3) is 0.933. The fourth-order valence-corrected chi connectivity index (χ4v) is 2.33. The van der Waals surface area contributed by atoms with Gasteiger partial charge in [-0.2, -0.15) is 0 Å². The smallest absolute Gasteiger partial charge is 0.241 e. The maximum atomic E-state index is 12.5. The summed E-state index contributed by atoms with van der Waals surface area (Å²) in [5.41, 5.74) is 0.163. The van der Waals surface area contributed by atoms with Crippen LogP contribution in [0.1, 0.15) is 54.9 Å². The second-order valence-corrected chi connectivity index (χ2v) is 6.92. The Hall–Kier alpha value is -0.570. The minimum absolute atomic E-state index is 0.00193. The van der Waals surface area contributed by atoms with Crippen LogP contribution in [0.4, 0.5) is 0 Å². The van der Waals surface area contributed by atoms with Crippen molar-refractivity contribution in [2.75, 3.05) is 6.54 Å². The first kappa shape index (κ1) is 15.5. The van der Waals surface area contributed by atoms with E-state index in [4.69, 9.17) is 0 Å². The summed E-state index contributed by atoms with van der Waals surface area (Å²) in [5, 5.41) is 3.48. The van der Waals surface area contributed by atoms with Gasteiger partial charge in [-0.15, -0.1) is 0 Å². The van der Waals surface area contributed by atoms with E-state index in [-0.39, 0.29) is 23.5 Å². The van der Waals surface area contributed by atoms with Crippen LogP contribution in [0.5, 0.6) is 0 Å². The van der Waals surface area contributed by atoms with Crippen LogP contribution < -0.4 is 5.32 Å². The third kappa shape index (κ3) is 3.05. The van der Waals surface area contributed by atoms with Crippen LogP contribution in [0.15, 0.2) is 0 Å². The monoisotopic (exact) mass is 254 g/mol. The Morgan fingerprint density at radius 2 is 1.83 bits per heavy atom. The quantitative estimate of drug-likeness (QED) is 0.818. The van der Waals surface area contributed by atoms with E-state index >= 15 is 0 Å². The van der Waals surface area contributed by atoms with E-state index in [1.54, 1.807) is 0 Å². The summed E-state index contributed by atoms with van der Waals surface area (Å²) < 4.78 is 0. The van der Waals surface area contributed by atoms with Gasteiger partial charge in [-0.05, 0) is 23.7 Å². The first-order valence-electron chi connectivity index (χ1n) is 7.27. The van der Waals surface area contributed by atoms with E-state index in [1.807, 2.05) is 0 Å². The van der Waals surface area contributed by atoms with Gasteiger partial charge in [0.05, 0.1) is 12.2 Å². The van der Waals surface area contributed by atoms with Gasteiger partial charge in [0.2, 0.25) is 5.91 Å². The molecule has 0 spiro atoms. The Labute approximate surface area is 112 Å². The van der Waals surface area contributed by atoms with Gasteiger partial charge in [-0.1, -0.05) is 48.5 Å². The van der Waals surface area contributed by atoms with Crippen LogP contribution in [0, 0.1) is 17.3 Å². The minimum Gasteiger partial charge on any atom is -0.325 e. The molecule has 106 valence electrons. The molecule has 1 N–H and O–H groups in total. The SMILES string of the molecule is CCC1NC(C(C)C)C(=O)N1CC(C)(C)C(C)C. The zero-order chi connectivity index (χ0) is 14.1. The van der Waals surface area contributed by atoms with Crippen LogP contribution in [-0.4, -0.2) is 29.6 Å². The number of carbonyl (C=O) groups excluding carboxylic acids is 1. The number of hydrogen-bond donors (Lipinski definition) is 1. The van der Waals surface area contributed by atoms with Crippen LogP contribution in [0.25, 0.3) is 0 Å². The number of rotatable bonds is 5. The molecule has 3 nitrogen and oxygen atoms in total. The zero-order valence-electron chi connectivity index (χ0n) is 13.1. The van der Waals surface area contributed by atoms with Crippen LogP contribution >= 0.6 is 0 Å². The second kappa shape index (κ2) is 5.60. The molecule has 1 heterocycles. The predicted octanol–water partition coefficient (Wildman–Crippen LogP) is 2.86. The summed E-state index contributed by atoms with van der Waals surface area (Å²) in [6, 6.07) is -0.00193. The molecule has 18 heavy (non-hydrogen) atoms. The van der Waals surface area contributed by atoms with Gasteiger partial charge in [-0.3, -0.25) is 10.1 Å². The lowest BCUT2D eigenvalue weighted by Crippen LogP contribution is -2.44. The zero-order valence-corrected chi connectivity index (χ0v) is 13.1. The van der Waals surface area contributed by atoms with Gasteiger partial charge < -0.3 is 4.90 Å². The highest BCUT2D eigenvalue weighted by Gasteiger charge is 2.41. The van der Waals surface area contributed by atoms with E-state index in [1.165, 1.54) is 0 Å². The molecular weight excluding hydrogens is 224 g/mol. The van der Waals surface area contributed by atoms with E-state index in [0.717, 1.165) is 13.0 Å². The Balaban J connectivity index is 2.83. The molecule has 0 radical (unpaired) electrons. The third-order valence-corrected chi connectivity index (χ3v) is 4.49. The largest absolute Gasteiger partial charge is 0.325 e. The molecule has 0 bridgehead atoms. The van der Waals surface area contributed by atoms with Crippen molar-refractivity contribution in [3.63, 3.8) is 0 Å². The van der Waals surface area contributed by atoms with E-state index in [2.05, 4.69) is 58.7 Å². The molecule has 0 aliphatic carbocycles. The molecule has 3 heteroatoms. The topological polar surface area (TPSA) is 32.3 Å². The summed E-state index contributed by atoms with van der Waals surface area (Å²) in [5.74, 6) is 1.21. The van der Waals surface area contributed by atoms with Gasteiger partial charge in [-0.25, -0.2) is 0 Å². The van der Waals surface area contributed by atoms with Crippen LogP contribution in [-0.2, 0) is 4.79 Å². The lowest BCUT2D eigenvalue weighted by atomic mass is 9.80. The standard InChI is InChI=1S/C15H30N2O/c1-8-12-16-13(10(2)3)14(18)17(12)9-15(6,7)11(4)5/h10-13,16H,8-9H2,1-7H3. The molecule has 2 unspecified atom stereocenters. The Bertz CT molecular complexity index is 297. The molecule has 1 amide bonds. The Kier molecular flexibility index (Phi) is 4.82. The molecule has 1 aliphatic heterocycles. The molecule has 1 fully saturated rings. The number of amides is 1. The highest BCUT2D eigenvalue weighted by molar-refractivity contribution is 5.84. The van der Waals surface area contributed by atoms with Crippen molar-refractivity contribution in [2.45, 2.75) is 67.1 Å². The average Bonchev–Trinajstić information content (AvgIpc) is 2.55. The number of carbonyl (C=O) groups is 1. The van der Waals surface area contributed by atoms with E-state index in [0.29, 0.717) is 11.8 Å². The summed E-state index contributed by atoms with van der Waals surface area (Å²) >= 11 is 0. The molecule has 1 rings (SSSR count). The maximum absolute atomic E-state index is 12.5. The minimum atomic E-state index is -0.00193. The molecule has 1 saturated heterocycles. The van der Waals surface area contributed by atoms with Crippen molar-refractivity contribution in [1.29, 1.82) is 0 Å². The molecule has 0 aromatic heterocycles. The molecular formula is C15H30N2O. The van der Waals surface area contributed by atoms with Crippen molar-refractivity contribution in [1.82, 2.24) is 10.2 Å². The lowest BCUT2D eigenvalue weighted by Gasteiger charge is -2.36. The van der Waals surface area contributed by atoms with Gasteiger partial charge >= 0.3 is 0 Å². The first-order chi connectivity index (χ1) is 8.20. The fourth-order valence-electron chi connectivity index (χ4n) is 2.33. The van der Waals surface area contributed by atoms with E-state index in [9.17, 15) is 4.79 Å². The Morgan fingerprint density at radius 3 is 2.22 bits per heavy atom. The number of hydrogen-bond acceptors (Lipinski definition) is 2. The van der Waals surface area contributed by atoms with Crippen molar-refractivity contribution in [2.24, 2.45) is 17.3 Å². The normalized spacial score (nSPS) is 25.6. The average molecular weight is 254 g/mol. The molecule has 2 atom stereocenters. The van der Waals surface area contributed by atoms with Crippen LogP contribution in [0.2, 0.25) is 0 Å².